The van der Waals surface area contributed by atoms with E-state index in [1.54, 1.807) is 11.0 Å². The highest BCUT2D eigenvalue weighted by Crippen LogP contribution is 2.23. The maximum atomic E-state index is 13.3. The van der Waals surface area contributed by atoms with Crippen molar-refractivity contribution in [2.24, 2.45) is 5.92 Å². The number of fused-ring (bicyclic) bond motifs is 1. The van der Waals surface area contributed by atoms with Gasteiger partial charge < -0.3 is 14.2 Å². The van der Waals surface area contributed by atoms with Crippen molar-refractivity contribution in [3.05, 3.63) is 107 Å². The Labute approximate surface area is 244 Å². The summed E-state index contributed by atoms with van der Waals surface area (Å²) in [4.78, 5) is 27.5. The predicted molar refractivity (Wildman–Crippen MR) is 159 cm³/mol. The van der Waals surface area contributed by atoms with Gasteiger partial charge in [0.05, 0.1) is 5.75 Å². The molecule has 4 aromatic rings. The van der Waals surface area contributed by atoms with Gasteiger partial charge in [0, 0.05) is 35.6 Å². The molecule has 2 heterocycles. The number of hydrogen-bond acceptors (Lipinski definition) is 5. The number of piperidine rings is 1. The Bertz CT molecular complexity index is 1620. The van der Waals surface area contributed by atoms with Crippen molar-refractivity contribution in [2.75, 3.05) is 18.8 Å². The molecule has 1 aliphatic rings. The summed E-state index contributed by atoms with van der Waals surface area (Å²) in [6, 6.07) is 26.2. The first-order chi connectivity index (χ1) is 19.8. The maximum absolute atomic E-state index is 13.3. The molecule has 1 saturated heterocycles. The highest BCUT2D eigenvalue weighted by Gasteiger charge is 2.30. The Hall–Kier alpha value is -3.82. The molecule has 0 aliphatic carbocycles. The number of aromatic nitrogens is 1. The smallest absolute Gasteiger partial charge is 0.410 e. The van der Waals surface area contributed by atoms with Crippen LogP contribution in [0.1, 0.15) is 34.5 Å². The van der Waals surface area contributed by atoms with Crippen LogP contribution in [0.4, 0.5) is 4.79 Å². The summed E-state index contributed by atoms with van der Waals surface area (Å²) >= 11 is 6.01. The van der Waals surface area contributed by atoms with Crippen molar-refractivity contribution in [3.8, 4) is 0 Å². The van der Waals surface area contributed by atoms with Crippen LogP contribution in [0.5, 0.6) is 0 Å². The van der Waals surface area contributed by atoms with Crippen LogP contribution in [0.2, 0.25) is 5.02 Å². The van der Waals surface area contributed by atoms with E-state index in [0.717, 1.165) is 22.0 Å². The van der Waals surface area contributed by atoms with Crippen LogP contribution >= 0.6 is 11.6 Å². The average molecular weight is 594 g/mol. The molecule has 0 saturated carbocycles. The number of benzene rings is 3. The number of rotatable bonds is 9. The van der Waals surface area contributed by atoms with E-state index in [2.05, 4.69) is 4.72 Å². The van der Waals surface area contributed by atoms with Crippen molar-refractivity contribution < 1.29 is 22.7 Å². The van der Waals surface area contributed by atoms with Crippen molar-refractivity contribution in [3.63, 3.8) is 0 Å². The normalized spacial score (nSPS) is 15.5. The second kappa shape index (κ2) is 12.8. The first-order valence-electron chi connectivity index (χ1n) is 13.6. The number of halogens is 1. The zero-order valence-corrected chi connectivity index (χ0v) is 24.1. The second-order valence-corrected chi connectivity index (χ2v) is 12.5. The molecule has 41 heavy (non-hydrogen) atoms. The monoisotopic (exact) mass is 593 g/mol. The van der Waals surface area contributed by atoms with Gasteiger partial charge in [0.15, 0.2) is 0 Å². The van der Waals surface area contributed by atoms with E-state index >= 15 is 0 Å². The Kier molecular flexibility index (Phi) is 8.95. The molecule has 1 atom stereocenters. The van der Waals surface area contributed by atoms with E-state index in [0.29, 0.717) is 37.4 Å². The van der Waals surface area contributed by atoms with E-state index in [4.69, 9.17) is 16.3 Å². The largest absolute Gasteiger partial charge is 0.445 e. The summed E-state index contributed by atoms with van der Waals surface area (Å²) in [5.41, 5.74) is 3.06. The van der Waals surface area contributed by atoms with E-state index in [1.165, 1.54) is 0 Å². The molecule has 10 heteroatoms. The lowest BCUT2D eigenvalue weighted by molar-refractivity contribution is 0.0811. The fourth-order valence-corrected chi connectivity index (χ4v) is 6.74. The van der Waals surface area contributed by atoms with Gasteiger partial charge in [0.1, 0.15) is 12.3 Å². The van der Waals surface area contributed by atoms with E-state index < -0.39 is 22.0 Å². The lowest BCUT2D eigenvalue weighted by atomic mass is 10.0. The topological polar surface area (TPSA) is 97.7 Å². The Morgan fingerprint density at radius 1 is 0.951 bits per heavy atom. The predicted octanol–water partition coefficient (Wildman–Crippen LogP) is 5.65. The van der Waals surface area contributed by atoms with Crippen LogP contribution in [0.25, 0.3) is 10.9 Å². The van der Waals surface area contributed by atoms with Crippen molar-refractivity contribution >= 4 is 44.5 Å². The molecule has 0 bridgehead atoms. The van der Waals surface area contributed by atoms with Crippen molar-refractivity contribution in [1.29, 1.82) is 0 Å². The summed E-state index contributed by atoms with van der Waals surface area (Å²) < 4.78 is 35.8. The lowest BCUT2D eigenvalue weighted by Gasteiger charge is -2.31. The number of nitrogens with one attached hydrogen (secondary N) is 1. The van der Waals surface area contributed by atoms with Gasteiger partial charge in [0.2, 0.25) is 10.0 Å². The van der Waals surface area contributed by atoms with Crippen molar-refractivity contribution in [1.82, 2.24) is 14.2 Å². The van der Waals surface area contributed by atoms with E-state index in [9.17, 15) is 18.0 Å². The first kappa shape index (κ1) is 28.7. The zero-order chi connectivity index (χ0) is 28.8. The molecule has 214 valence electrons. The quantitative estimate of drug-likeness (QED) is 0.271. The number of carbonyl (C=O) groups excluding carboxylic acids is 2. The minimum absolute atomic E-state index is 0.154. The number of ether oxygens (including phenoxy) is 1. The van der Waals surface area contributed by atoms with Gasteiger partial charge in [-0.05, 0) is 60.6 Å². The second-order valence-electron chi connectivity index (χ2n) is 10.3. The molecular formula is C31H32ClN3O5S. The van der Waals surface area contributed by atoms with Gasteiger partial charge in [0.25, 0.3) is 5.91 Å². The fourth-order valence-electron chi connectivity index (χ4n) is 5.25. The van der Waals surface area contributed by atoms with Crippen LogP contribution in [0.3, 0.4) is 0 Å². The number of carbonyl (C=O) groups is 2. The molecule has 5 rings (SSSR count). The summed E-state index contributed by atoms with van der Waals surface area (Å²) in [5, 5.41) is 1.50. The summed E-state index contributed by atoms with van der Waals surface area (Å²) in [7, 11) is -3.97. The van der Waals surface area contributed by atoms with Crippen LogP contribution in [0, 0.1) is 5.92 Å². The third-order valence-corrected chi connectivity index (χ3v) is 8.92. The van der Waals surface area contributed by atoms with Gasteiger partial charge in [-0.25, -0.2) is 17.9 Å². The van der Waals surface area contributed by atoms with Gasteiger partial charge in [-0.2, -0.15) is 0 Å². The number of amides is 2. The summed E-state index contributed by atoms with van der Waals surface area (Å²) in [6.07, 6.45) is 1.47. The number of nitrogens with zero attached hydrogens (tertiary/aromatic N) is 2. The molecule has 1 N–H and O–H groups in total. The Morgan fingerprint density at radius 3 is 2.46 bits per heavy atom. The molecule has 1 unspecified atom stereocenters. The molecule has 2 amide bonds. The molecule has 0 radical (unpaired) electrons. The van der Waals surface area contributed by atoms with Crippen LogP contribution < -0.4 is 4.72 Å². The highest BCUT2D eigenvalue weighted by atomic mass is 35.5. The molecular weight excluding hydrogens is 562 g/mol. The number of hydrogen-bond donors (Lipinski definition) is 1. The van der Waals surface area contributed by atoms with E-state index in [-0.39, 0.29) is 30.5 Å². The number of sulfonamides is 1. The van der Waals surface area contributed by atoms with E-state index in [1.807, 2.05) is 83.4 Å². The molecule has 8 nitrogen and oxygen atoms in total. The average Bonchev–Trinajstić information content (AvgIpc) is 3.34. The van der Waals surface area contributed by atoms with Crippen LogP contribution in [-0.4, -0.2) is 48.7 Å². The van der Waals surface area contributed by atoms with Crippen molar-refractivity contribution in [2.45, 2.75) is 32.4 Å². The molecule has 1 aromatic heterocycles. The number of para-hydroxylation sites is 1. The van der Waals surface area contributed by atoms with Gasteiger partial charge >= 0.3 is 6.09 Å². The minimum atomic E-state index is -3.97. The standard InChI is InChI=1S/C31H32ClN3O5S/c32-27-14-12-23(13-15-27)16-18-35-28-11-5-4-10-26(28)19-29(35)30(36)33-41(38,39)22-25-9-6-17-34(20-25)31(37)40-21-24-7-2-1-3-8-24/h1-5,7-8,10-15,19,25H,6,9,16-18,20-22H2,(H,33,36). The fraction of sp³-hybridized carbons (Fsp3) is 0.290. The van der Waals surface area contributed by atoms with Gasteiger partial charge in [-0.3, -0.25) is 4.79 Å². The highest BCUT2D eigenvalue weighted by molar-refractivity contribution is 7.90. The molecule has 3 aromatic carbocycles. The van der Waals surface area contributed by atoms with Crippen LogP contribution in [0.15, 0.2) is 84.9 Å². The number of aryl methyl sites for hydroxylation is 2. The Balaban J connectivity index is 1.23. The van der Waals surface area contributed by atoms with Gasteiger partial charge in [-0.1, -0.05) is 72.3 Å². The summed E-state index contributed by atoms with van der Waals surface area (Å²) in [6.45, 7) is 1.40. The lowest BCUT2D eigenvalue weighted by Crippen LogP contribution is -2.44. The Morgan fingerprint density at radius 2 is 1.68 bits per heavy atom. The molecule has 0 spiro atoms. The molecule has 1 aliphatic heterocycles. The molecule has 1 fully saturated rings. The first-order valence-corrected chi connectivity index (χ1v) is 15.6. The van der Waals surface area contributed by atoms with Crippen LogP contribution in [-0.2, 0) is 34.3 Å². The third kappa shape index (κ3) is 7.48. The maximum Gasteiger partial charge on any atom is 0.410 e. The minimum Gasteiger partial charge on any atom is -0.445 e. The SMILES string of the molecule is O=C(NS(=O)(=O)CC1CCCN(C(=O)OCc2ccccc2)C1)c1cc2ccccc2n1CCc1ccc(Cl)cc1. The summed E-state index contributed by atoms with van der Waals surface area (Å²) in [5.74, 6) is -1.24. The number of likely N-dealkylation sites (tertiary alicyclic amines) is 1. The van der Waals surface area contributed by atoms with Gasteiger partial charge in [-0.15, -0.1) is 0 Å². The third-order valence-electron chi connectivity index (χ3n) is 7.27. The zero-order valence-electron chi connectivity index (χ0n) is 22.5.